The van der Waals surface area contributed by atoms with Crippen LogP contribution in [0.4, 0.5) is 0 Å². The Balaban J connectivity index is 2.30. The van der Waals surface area contributed by atoms with E-state index in [9.17, 15) is 8.42 Å². The van der Waals surface area contributed by atoms with Gasteiger partial charge in [-0.15, -0.1) is 0 Å². The van der Waals surface area contributed by atoms with E-state index in [4.69, 9.17) is 5.73 Å². The van der Waals surface area contributed by atoms with Crippen molar-refractivity contribution in [3.63, 3.8) is 0 Å². The molecule has 5 nitrogen and oxygen atoms in total. The lowest BCUT2D eigenvalue weighted by Gasteiger charge is -2.29. The van der Waals surface area contributed by atoms with Gasteiger partial charge in [-0.1, -0.05) is 26.7 Å². The van der Waals surface area contributed by atoms with Crippen LogP contribution < -0.4 is 5.73 Å². The van der Waals surface area contributed by atoms with Crippen LogP contribution in [0.3, 0.4) is 0 Å². The number of nitrogens with two attached hydrogens (primary N) is 1. The Morgan fingerprint density at radius 3 is 2.48 bits per heavy atom. The summed E-state index contributed by atoms with van der Waals surface area (Å²) >= 11 is 0. The number of rotatable bonds is 6. The minimum absolute atomic E-state index is 0.131. The SMILES string of the molecule is CC(C)CN(C1CCCC1)S(=O)(=O)c1ccc(CN)nc1. The topological polar surface area (TPSA) is 76.3 Å². The molecule has 0 saturated heterocycles. The van der Waals surface area contributed by atoms with Gasteiger partial charge in [-0.05, 0) is 30.9 Å². The van der Waals surface area contributed by atoms with Gasteiger partial charge in [-0.2, -0.15) is 4.31 Å². The van der Waals surface area contributed by atoms with Gasteiger partial charge in [0.05, 0.1) is 5.69 Å². The number of pyridine rings is 1. The molecule has 1 aliphatic carbocycles. The molecule has 0 spiro atoms. The lowest BCUT2D eigenvalue weighted by molar-refractivity contribution is 0.292. The van der Waals surface area contributed by atoms with Gasteiger partial charge in [0.15, 0.2) is 0 Å². The summed E-state index contributed by atoms with van der Waals surface area (Å²) in [5.74, 6) is 0.302. The molecule has 1 aromatic heterocycles. The minimum Gasteiger partial charge on any atom is -0.325 e. The van der Waals surface area contributed by atoms with Gasteiger partial charge in [-0.3, -0.25) is 4.98 Å². The molecule has 0 radical (unpaired) electrons. The van der Waals surface area contributed by atoms with Crippen molar-refractivity contribution in [3.05, 3.63) is 24.0 Å². The Morgan fingerprint density at radius 2 is 2.00 bits per heavy atom. The van der Waals surface area contributed by atoms with Crippen LogP contribution >= 0.6 is 0 Å². The molecule has 1 saturated carbocycles. The summed E-state index contributed by atoms with van der Waals surface area (Å²) in [4.78, 5) is 4.39. The molecular formula is C15H25N3O2S. The van der Waals surface area contributed by atoms with Gasteiger partial charge in [0.25, 0.3) is 0 Å². The van der Waals surface area contributed by atoms with Crippen molar-refractivity contribution in [3.8, 4) is 0 Å². The number of hydrogen-bond acceptors (Lipinski definition) is 4. The zero-order valence-corrected chi connectivity index (χ0v) is 13.6. The molecule has 1 fully saturated rings. The highest BCUT2D eigenvalue weighted by atomic mass is 32.2. The number of sulfonamides is 1. The highest BCUT2D eigenvalue weighted by molar-refractivity contribution is 7.89. The molecule has 0 amide bonds. The van der Waals surface area contributed by atoms with Crippen LogP contribution in [-0.2, 0) is 16.6 Å². The fraction of sp³-hybridized carbons (Fsp3) is 0.667. The summed E-state index contributed by atoms with van der Waals surface area (Å²) in [7, 11) is -3.47. The first-order chi connectivity index (χ1) is 9.95. The van der Waals surface area contributed by atoms with E-state index in [1.54, 1.807) is 16.4 Å². The van der Waals surface area contributed by atoms with Crippen LogP contribution in [0.25, 0.3) is 0 Å². The molecule has 1 aliphatic rings. The van der Waals surface area contributed by atoms with Crippen LogP contribution in [0.1, 0.15) is 45.2 Å². The van der Waals surface area contributed by atoms with Crippen molar-refractivity contribution in [2.75, 3.05) is 6.54 Å². The van der Waals surface area contributed by atoms with Crippen molar-refractivity contribution in [2.45, 2.75) is 57.0 Å². The molecule has 21 heavy (non-hydrogen) atoms. The summed E-state index contributed by atoms with van der Waals surface area (Å²) in [6.07, 6.45) is 5.57. The van der Waals surface area contributed by atoms with Gasteiger partial charge in [0, 0.05) is 25.3 Å². The Kier molecular flexibility index (Phi) is 5.35. The minimum atomic E-state index is -3.47. The zero-order chi connectivity index (χ0) is 15.5. The molecule has 6 heteroatoms. The molecular weight excluding hydrogens is 286 g/mol. The maximum Gasteiger partial charge on any atom is 0.244 e. The van der Waals surface area contributed by atoms with Gasteiger partial charge in [0.2, 0.25) is 10.0 Å². The molecule has 2 N–H and O–H groups in total. The molecule has 0 aliphatic heterocycles. The number of nitrogens with zero attached hydrogens (tertiary/aromatic N) is 2. The highest BCUT2D eigenvalue weighted by Gasteiger charge is 2.33. The van der Waals surface area contributed by atoms with Crippen molar-refractivity contribution >= 4 is 10.0 Å². The smallest absolute Gasteiger partial charge is 0.244 e. The van der Waals surface area contributed by atoms with E-state index in [0.717, 1.165) is 25.7 Å². The molecule has 0 bridgehead atoms. The standard InChI is InChI=1S/C15H25N3O2S/c1-12(2)11-18(14-5-3-4-6-14)21(19,20)15-8-7-13(9-16)17-10-15/h7-8,10,12,14H,3-6,9,11,16H2,1-2H3. The van der Waals surface area contributed by atoms with Crippen LogP contribution in [0.5, 0.6) is 0 Å². The van der Waals surface area contributed by atoms with Crippen LogP contribution in [0.2, 0.25) is 0 Å². The molecule has 0 unspecified atom stereocenters. The predicted molar refractivity (Wildman–Crippen MR) is 83.1 cm³/mol. The Bertz CT molecular complexity index is 549. The summed E-state index contributed by atoms with van der Waals surface area (Å²) in [6.45, 7) is 4.98. The Labute approximate surface area is 127 Å². The molecule has 2 rings (SSSR count). The first-order valence-corrected chi connectivity index (χ1v) is 9.06. The number of hydrogen-bond donors (Lipinski definition) is 1. The van der Waals surface area contributed by atoms with Crippen molar-refractivity contribution in [2.24, 2.45) is 11.7 Å². The summed E-state index contributed by atoms with van der Waals surface area (Å²) in [5.41, 5.74) is 6.21. The van der Waals surface area contributed by atoms with E-state index in [1.807, 2.05) is 13.8 Å². The van der Waals surface area contributed by atoms with E-state index >= 15 is 0 Å². The molecule has 118 valence electrons. The lowest BCUT2D eigenvalue weighted by Crippen LogP contribution is -2.41. The van der Waals surface area contributed by atoms with Gasteiger partial charge < -0.3 is 5.73 Å². The zero-order valence-electron chi connectivity index (χ0n) is 12.8. The van der Waals surface area contributed by atoms with Gasteiger partial charge in [-0.25, -0.2) is 8.42 Å². The predicted octanol–water partition coefficient (Wildman–Crippen LogP) is 2.13. The summed E-state index contributed by atoms with van der Waals surface area (Å²) in [5, 5.41) is 0. The van der Waals surface area contributed by atoms with E-state index in [-0.39, 0.29) is 10.9 Å². The second-order valence-corrected chi connectivity index (χ2v) is 7.99. The fourth-order valence-electron chi connectivity index (χ4n) is 2.82. The molecule has 0 atom stereocenters. The third-order valence-corrected chi connectivity index (χ3v) is 5.79. The average Bonchev–Trinajstić information content (AvgIpc) is 2.98. The Hall–Kier alpha value is -0.980. The van der Waals surface area contributed by atoms with Crippen LogP contribution in [-0.4, -0.2) is 30.3 Å². The van der Waals surface area contributed by atoms with E-state index in [2.05, 4.69) is 4.98 Å². The summed E-state index contributed by atoms with van der Waals surface area (Å²) < 4.78 is 27.5. The Morgan fingerprint density at radius 1 is 1.33 bits per heavy atom. The second-order valence-electron chi connectivity index (χ2n) is 6.10. The largest absolute Gasteiger partial charge is 0.325 e. The fourth-order valence-corrected chi connectivity index (χ4v) is 4.61. The van der Waals surface area contributed by atoms with Gasteiger partial charge >= 0.3 is 0 Å². The second kappa shape index (κ2) is 6.85. The van der Waals surface area contributed by atoms with Gasteiger partial charge in [0.1, 0.15) is 4.90 Å². The molecule has 1 heterocycles. The first-order valence-electron chi connectivity index (χ1n) is 7.62. The number of aromatic nitrogens is 1. The van der Waals surface area contributed by atoms with E-state index in [1.165, 1.54) is 6.20 Å². The third-order valence-electron chi connectivity index (χ3n) is 3.89. The van der Waals surface area contributed by atoms with Crippen molar-refractivity contribution < 1.29 is 8.42 Å². The van der Waals surface area contributed by atoms with Crippen LogP contribution in [0, 0.1) is 5.92 Å². The maximum atomic E-state index is 12.9. The monoisotopic (exact) mass is 311 g/mol. The van der Waals surface area contributed by atoms with E-state index < -0.39 is 10.0 Å². The lowest BCUT2D eigenvalue weighted by atomic mass is 10.2. The highest BCUT2D eigenvalue weighted by Crippen LogP contribution is 2.29. The molecule has 0 aromatic carbocycles. The normalized spacial score (nSPS) is 17.0. The average molecular weight is 311 g/mol. The quantitative estimate of drug-likeness (QED) is 0.873. The summed E-state index contributed by atoms with van der Waals surface area (Å²) in [6, 6.07) is 3.44. The molecule has 1 aromatic rings. The van der Waals surface area contributed by atoms with E-state index in [0.29, 0.717) is 24.7 Å². The third kappa shape index (κ3) is 3.81. The van der Waals surface area contributed by atoms with Crippen molar-refractivity contribution in [1.29, 1.82) is 0 Å². The van der Waals surface area contributed by atoms with Crippen LogP contribution in [0.15, 0.2) is 23.2 Å². The maximum absolute atomic E-state index is 12.9. The van der Waals surface area contributed by atoms with Crippen molar-refractivity contribution in [1.82, 2.24) is 9.29 Å². The first kappa shape index (κ1) is 16.4.